The summed E-state index contributed by atoms with van der Waals surface area (Å²) in [7, 11) is 0. The third-order valence-electron chi connectivity index (χ3n) is 2.56. The number of thiazole rings is 1. The van der Waals surface area contributed by atoms with E-state index in [9.17, 15) is 0 Å². The molecule has 0 radical (unpaired) electrons. The number of anilines is 1. The number of benzene rings is 1. The van der Waals surface area contributed by atoms with Gasteiger partial charge in [0.15, 0.2) is 0 Å². The van der Waals surface area contributed by atoms with Gasteiger partial charge in [0.2, 0.25) is 0 Å². The molecule has 2 aromatic rings. The predicted octanol–water partition coefficient (Wildman–Crippen LogP) is 4.39. The summed E-state index contributed by atoms with van der Waals surface area (Å²) >= 11 is 5.22. The second kappa shape index (κ2) is 5.65. The minimum atomic E-state index is 0.786. The van der Waals surface area contributed by atoms with Gasteiger partial charge in [-0.05, 0) is 31.0 Å². The number of aromatic nitrogens is 1. The van der Waals surface area contributed by atoms with Crippen molar-refractivity contribution in [1.29, 1.82) is 0 Å². The fourth-order valence-corrected chi connectivity index (χ4v) is 2.67. The molecule has 1 aromatic carbocycles. The van der Waals surface area contributed by atoms with E-state index in [1.54, 1.807) is 11.3 Å². The lowest BCUT2D eigenvalue weighted by Gasteiger charge is -2.08. The summed E-state index contributed by atoms with van der Waals surface area (Å²) in [5.41, 5.74) is 3.52. The maximum Gasteiger partial charge on any atom is 0.0926 e. The highest BCUT2D eigenvalue weighted by Crippen LogP contribution is 2.21. The van der Waals surface area contributed by atoms with Crippen molar-refractivity contribution >= 4 is 33.0 Å². The minimum absolute atomic E-state index is 0.786. The normalized spacial score (nSPS) is 10.5. The molecule has 0 unspecified atom stereocenters. The van der Waals surface area contributed by atoms with E-state index in [4.69, 9.17) is 0 Å². The summed E-state index contributed by atoms with van der Waals surface area (Å²) in [5.74, 6) is 0. The molecule has 0 spiro atoms. The largest absolute Gasteiger partial charge is 0.379 e. The summed E-state index contributed by atoms with van der Waals surface area (Å²) in [4.78, 5) is 4.54. The van der Waals surface area contributed by atoms with Gasteiger partial charge < -0.3 is 5.32 Å². The quantitative estimate of drug-likeness (QED) is 0.906. The predicted molar refractivity (Wildman–Crippen MR) is 77.7 cm³/mol. The van der Waals surface area contributed by atoms with Crippen molar-refractivity contribution in [3.05, 3.63) is 44.3 Å². The van der Waals surface area contributed by atoms with Crippen molar-refractivity contribution in [3.63, 3.8) is 0 Å². The van der Waals surface area contributed by atoms with E-state index < -0.39 is 0 Å². The maximum absolute atomic E-state index is 4.54. The van der Waals surface area contributed by atoms with Gasteiger partial charge in [0.25, 0.3) is 0 Å². The lowest BCUT2D eigenvalue weighted by atomic mass is 10.2. The van der Waals surface area contributed by atoms with Crippen molar-refractivity contribution in [2.45, 2.75) is 26.8 Å². The van der Waals surface area contributed by atoms with Crippen LogP contribution in [0.4, 0.5) is 5.69 Å². The SMILES string of the molecule is CCc1nc(CNc2cc(Br)ccc2C)cs1. The maximum atomic E-state index is 4.54. The van der Waals surface area contributed by atoms with Crippen molar-refractivity contribution in [2.24, 2.45) is 0 Å². The van der Waals surface area contributed by atoms with Crippen LogP contribution in [0.5, 0.6) is 0 Å². The van der Waals surface area contributed by atoms with Crippen LogP contribution in [0.1, 0.15) is 23.2 Å². The third kappa shape index (κ3) is 3.30. The molecule has 4 heteroatoms. The Balaban J connectivity index is 2.04. The lowest BCUT2D eigenvalue weighted by molar-refractivity contribution is 1.01. The van der Waals surface area contributed by atoms with Crippen molar-refractivity contribution in [1.82, 2.24) is 4.98 Å². The van der Waals surface area contributed by atoms with Gasteiger partial charge >= 0.3 is 0 Å². The average molecular weight is 311 g/mol. The number of halogens is 1. The van der Waals surface area contributed by atoms with Gasteiger partial charge in [-0.1, -0.05) is 28.9 Å². The first-order valence-corrected chi connectivity index (χ1v) is 7.29. The van der Waals surface area contributed by atoms with E-state index in [2.05, 4.69) is 63.7 Å². The fraction of sp³-hybridized carbons (Fsp3) is 0.308. The van der Waals surface area contributed by atoms with Gasteiger partial charge in [-0.25, -0.2) is 4.98 Å². The number of nitrogens with zero attached hydrogens (tertiary/aromatic N) is 1. The van der Waals surface area contributed by atoms with Crippen molar-refractivity contribution in [3.8, 4) is 0 Å². The first-order chi connectivity index (χ1) is 8.19. The van der Waals surface area contributed by atoms with Crippen LogP contribution in [0.3, 0.4) is 0 Å². The molecule has 0 aliphatic heterocycles. The van der Waals surface area contributed by atoms with Crippen LogP contribution in [0.25, 0.3) is 0 Å². The molecule has 17 heavy (non-hydrogen) atoms. The van der Waals surface area contributed by atoms with Crippen LogP contribution >= 0.6 is 27.3 Å². The molecule has 0 aliphatic rings. The smallest absolute Gasteiger partial charge is 0.0926 e. The molecule has 2 rings (SSSR count). The molecule has 1 aromatic heterocycles. The summed E-state index contributed by atoms with van der Waals surface area (Å²) in [6, 6.07) is 6.26. The van der Waals surface area contributed by atoms with E-state index in [0.717, 1.165) is 28.8 Å². The first kappa shape index (κ1) is 12.6. The highest BCUT2D eigenvalue weighted by atomic mass is 79.9. The second-order valence-electron chi connectivity index (χ2n) is 3.90. The molecule has 1 heterocycles. The molecular weight excluding hydrogens is 296 g/mol. The zero-order valence-corrected chi connectivity index (χ0v) is 12.4. The lowest BCUT2D eigenvalue weighted by Crippen LogP contribution is -2.01. The molecule has 0 amide bonds. The van der Waals surface area contributed by atoms with Gasteiger partial charge in [0.1, 0.15) is 0 Å². The fourth-order valence-electron chi connectivity index (χ4n) is 1.56. The summed E-state index contributed by atoms with van der Waals surface area (Å²) in [6.45, 7) is 5.02. The van der Waals surface area contributed by atoms with Gasteiger partial charge in [-0.2, -0.15) is 0 Å². The Kier molecular flexibility index (Phi) is 4.18. The Hall–Kier alpha value is -0.870. The Morgan fingerprint density at radius 1 is 1.41 bits per heavy atom. The average Bonchev–Trinajstić information content (AvgIpc) is 2.78. The minimum Gasteiger partial charge on any atom is -0.379 e. The summed E-state index contributed by atoms with van der Waals surface area (Å²) in [5, 5.41) is 6.75. The number of aryl methyl sites for hydroxylation is 2. The van der Waals surface area contributed by atoms with Crippen LogP contribution in [0.2, 0.25) is 0 Å². The van der Waals surface area contributed by atoms with Crippen molar-refractivity contribution in [2.75, 3.05) is 5.32 Å². The topological polar surface area (TPSA) is 24.9 Å². The Morgan fingerprint density at radius 3 is 2.94 bits per heavy atom. The van der Waals surface area contributed by atoms with E-state index >= 15 is 0 Å². The van der Waals surface area contributed by atoms with E-state index in [-0.39, 0.29) is 0 Å². The molecular formula is C13H15BrN2S. The molecule has 0 atom stereocenters. The molecule has 2 nitrogen and oxygen atoms in total. The van der Waals surface area contributed by atoms with Gasteiger partial charge in [0, 0.05) is 15.5 Å². The third-order valence-corrected chi connectivity index (χ3v) is 4.10. The standard InChI is InChI=1S/C13H15BrN2S/c1-3-13-16-11(8-17-13)7-15-12-6-10(14)5-4-9(12)2/h4-6,8,15H,3,7H2,1-2H3. The van der Waals surface area contributed by atoms with E-state index in [1.165, 1.54) is 10.6 Å². The van der Waals surface area contributed by atoms with Crippen molar-refractivity contribution < 1.29 is 0 Å². The van der Waals surface area contributed by atoms with E-state index in [1.807, 2.05) is 0 Å². The zero-order chi connectivity index (χ0) is 12.3. The van der Waals surface area contributed by atoms with Crippen LogP contribution < -0.4 is 5.32 Å². The Morgan fingerprint density at radius 2 is 2.24 bits per heavy atom. The molecule has 0 saturated carbocycles. The van der Waals surface area contributed by atoms with Crippen LogP contribution in [-0.4, -0.2) is 4.98 Å². The van der Waals surface area contributed by atoms with Crippen LogP contribution in [-0.2, 0) is 13.0 Å². The second-order valence-corrected chi connectivity index (χ2v) is 5.76. The highest BCUT2D eigenvalue weighted by Gasteiger charge is 2.02. The van der Waals surface area contributed by atoms with Gasteiger partial charge in [0.05, 0.1) is 17.2 Å². The zero-order valence-electron chi connectivity index (χ0n) is 9.96. The Labute approximate surface area is 114 Å². The van der Waals surface area contributed by atoms with E-state index in [0.29, 0.717) is 0 Å². The number of hydrogen-bond donors (Lipinski definition) is 1. The molecule has 0 bridgehead atoms. The van der Waals surface area contributed by atoms with Gasteiger partial charge in [-0.15, -0.1) is 11.3 Å². The molecule has 0 saturated heterocycles. The Bertz CT molecular complexity index is 508. The monoisotopic (exact) mass is 310 g/mol. The van der Waals surface area contributed by atoms with Crippen LogP contribution in [0.15, 0.2) is 28.1 Å². The highest BCUT2D eigenvalue weighted by molar-refractivity contribution is 9.10. The van der Waals surface area contributed by atoms with Crippen LogP contribution in [0, 0.1) is 6.92 Å². The molecule has 90 valence electrons. The number of hydrogen-bond acceptors (Lipinski definition) is 3. The summed E-state index contributed by atoms with van der Waals surface area (Å²) in [6.07, 6.45) is 1.01. The van der Waals surface area contributed by atoms with Gasteiger partial charge in [-0.3, -0.25) is 0 Å². The summed E-state index contributed by atoms with van der Waals surface area (Å²) < 4.78 is 1.10. The first-order valence-electron chi connectivity index (χ1n) is 5.62. The number of nitrogens with one attached hydrogen (secondary N) is 1. The molecule has 1 N–H and O–H groups in total. The molecule has 0 aliphatic carbocycles. The number of rotatable bonds is 4. The molecule has 0 fully saturated rings.